The van der Waals surface area contributed by atoms with Gasteiger partial charge < -0.3 is 20.9 Å². The summed E-state index contributed by atoms with van der Waals surface area (Å²) in [5.41, 5.74) is 9.52. The Bertz CT molecular complexity index is 1130. The molecular weight excluding hydrogens is 421 g/mol. The Morgan fingerprint density at radius 2 is 1.88 bits per heavy atom. The molecule has 1 aliphatic heterocycles. The first kappa shape index (κ1) is 21.6. The van der Waals surface area contributed by atoms with E-state index in [0.717, 1.165) is 57.6 Å². The van der Waals surface area contributed by atoms with Gasteiger partial charge in [-0.3, -0.25) is 0 Å². The summed E-state index contributed by atoms with van der Waals surface area (Å²) in [6.45, 7) is 3.60. The SMILES string of the molecule is CN1CCCN(c2ccc(Nc3nc(N)n(-c4ncc5c(n4)CCCCC5)n3)cc2F)CC1. The van der Waals surface area contributed by atoms with Crippen LogP contribution in [0, 0.1) is 5.82 Å². The number of nitrogens with one attached hydrogen (secondary N) is 1. The van der Waals surface area contributed by atoms with Gasteiger partial charge in [0.1, 0.15) is 5.82 Å². The third-order valence-corrected chi connectivity index (χ3v) is 6.39. The van der Waals surface area contributed by atoms with Crippen LogP contribution >= 0.6 is 0 Å². The first-order valence-electron chi connectivity index (χ1n) is 11.6. The van der Waals surface area contributed by atoms with Crippen LogP contribution in [-0.4, -0.2) is 62.9 Å². The van der Waals surface area contributed by atoms with Gasteiger partial charge in [0, 0.05) is 37.2 Å². The Morgan fingerprint density at radius 1 is 1.00 bits per heavy atom. The molecule has 10 heteroatoms. The zero-order chi connectivity index (χ0) is 22.8. The summed E-state index contributed by atoms with van der Waals surface area (Å²) in [6.07, 6.45) is 8.31. The van der Waals surface area contributed by atoms with Gasteiger partial charge in [0.05, 0.1) is 5.69 Å². The van der Waals surface area contributed by atoms with Gasteiger partial charge in [-0.05, 0) is 69.5 Å². The van der Waals surface area contributed by atoms with Gasteiger partial charge in [-0.1, -0.05) is 6.42 Å². The number of benzene rings is 1. The Hall–Kier alpha value is -3.27. The first-order chi connectivity index (χ1) is 16.1. The molecule has 0 saturated carbocycles. The number of nitrogen functional groups attached to an aromatic ring is 1. The molecule has 1 saturated heterocycles. The van der Waals surface area contributed by atoms with Crippen LogP contribution in [0.1, 0.15) is 36.9 Å². The van der Waals surface area contributed by atoms with E-state index in [-0.39, 0.29) is 17.7 Å². The van der Waals surface area contributed by atoms with Crippen molar-refractivity contribution in [1.82, 2.24) is 29.6 Å². The number of hydrogen-bond donors (Lipinski definition) is 2. The summed E-state index contributed by atoms with van der Waals surface area (Å²) in [5, 5.41) is 7.47. The topological polar surface area (TPSA) is 101 Å². The van der Waals surface area contributed by atoms with E-state index in [9.17, 15) is 4.39 Å². The van der Waals surface area contributed by atoms with Crippen molar-refractivity contribution in [3.63, 3.8) is 0 Å². The highest BCUT2D eigenvalue weighted by Crippen LogP contribution is 2.26. The molecular formula is C23H30FN9. The molecule has 3 aromatic rings. The molecule has 0 radical (unpaired) electrons. The highest BCUT2D eigenvalue weighted by atomic mass is 19.1. The van der Waals surface area contributed by atoms with E-state index < -0.39 is 0 Å². The Balaban J connectivity index is 1.33. The quantitative estimate of drug-likeness (QED) is 0.584. The molecule has 0 atom stereocenters. The number of fused-ring (bicyclic) bond motifs is 1. The second kappa shape index (κ2) is 9.30. The lowest BCUT2D eigenvalue weighted by Gasteiger charge is -2.23. The van der Waals surface area contributed by atoms with E-state index in [4.69, 9.17) is 5.73 Å². The number of aryl methyl sites for hydroxylation is 2. The average Bonchev–Trinajstić information content (AvgIpc) is 2.97. The zero-order valence-electron chi connectivity index (χ0n) is 19.0. The molecule has 0 amide bonds. The normalized spacial score (nSPS) is 17.3. The molecule has 0 spiro atoms. The van der Waals surface area contributed by atoms with Gasteiger partial charge in [0.2, 0.25) is 11.9 Å². The smallest absolute Gasteiger partial charge is 0.254 e. The largest absolute Gasteiger partial charge is 0.368 e. The molecule has 0 bridgehead atoms. The molecule has 2 aliphatic rings. The second-order valence-electron chi connectivity index (χ2n) is 8.84. The number of halogens is 1. The summed E-state index contributed by atoms with van der Waals surface area (Å²) in [6, 6.07) is 5.11. The number of nitrogens with two attached hydrogens (primary N) is 1. The lowest BCUT2D eigenvalue weighted by Crippen LogP contribution is -2.29. The van der Waals surface area contributed by atoms with E-state index in [2.05, 4.69) is 42.2 Å². The van der Waals surface area contributed by atoms with Crippen molar-refractivity contribution < 1.29 is 4.39 Å². The van der Waals surface area contributed by atoms with Gasteiger partial charge in [-0.2, -0.15) is 9.67 Å². The number of aromatic nitrogens is 5. The highest BCUT2D eigenvalue weighted by molar-refractivity contribution is 5.60. The van der Waals surface area contributed by atoms with Crippen molar-refractivity contribution in [2.45, 2.75) is 38.5 Å². The van der Waals surface area contributed by atoms with Crippen LogP contribution in [-0.2, 0) is 12.8 Å². The Kier molecular flexibility index (Phi) is 6.08. The van der Waals surface area contributed by atoms with Crippen LogP contribution in [0.4, 0.5) is 27.7 Å². The number of rotatable bonds is 4. The molecule has 3 N–H and O–H groups in total. The predicted molar refractivity (Wildman–Crippen MR) is 127 cm³/mol. The molecule has 2 aromatic heterocycles. The maximum absolute atomic E-state index is 14.9. The van der Waals surface area contributed by atoms with Crippen molar-refractivity contribution >= 4 is 23.3 Å². The summed E-state index contributed by atoms with van der Waals surface area (Å²) in [4.78, 5) is 17.8. The molecule has 1 aliphatic carbocycles. The van der Waals surface area contributed by atoms with E-state index in [1.165, 1.54) is 29.2 Å². The zero-order valence-corrected chi connectivity index (χ0v) is 19.0. The minimum atomic E-state index is -0.272. The average molecular weight is 452 g/mol. The van der Waals surface area contributed by atoms with E-state index in [1.807, 2.05) is 12.3 Å². The monoisotopic (exact) mass is 451 g/mol. The lowest BCUT2D eigenvalue weighted by atomic mass is 10.1. The maximum atomic E-state index is 14.9. The second-order valence-corrected chi connectivity index (χ2v) is 8.84. The van der Waals surface area contributed by atoms with Crippen LogP contribution in [0.2, 0.25) is 0 Å². The fourth-order valence-electron chi connectivity index (χ4n) is 4.53. The molecule has 1 fully saturated rings. The molecule has 33 heavy (non-hydrogen) atoms. The van der Waals surface area contributed by atoms with Crippen LogP contribution in [0.5, 0.6) is 0 Å². The van der Waals surface area contributed by atoms with E-state index >= 15 is 0 Å². The van der Waals surface area contributed by atoms with E-state index in [0.29, 0.717) is 17.3 Å². The molecule has 9 nitrogen and oxygen atoms in total. The van der Waals surface area contributed by atoms with Crippen molar-refractivity contribution in [2.75, 3.05) is 49.2 Å². The lowest BCUT2D eigenvalue weighted by molar-refractivity contribution is 0.360. The Morgan fingerprint density at radius 3 is 2.76 bits per heavy atom. The van der Waals surface area contributed by atoms with Crippen LogP contribution in [0.15, 0.2) is 24.4 Å². The third-order valence-electron chi connectivity index (χ3n) is 6.39. The van der Waals surface area contributed by atoms with Gasteiger partial charge in [0.15, 0.2) is 0 Å². The van der Waals surface area contributed by atoms with Gasteiger partial charge in [0.25, 0.3) is 5.95 Å². The Labute approximate surface area is 192 Å². The summed E-state index contributed by atoms with van der Waals surface area (Å²) >= 11 is 0. The maximum Gasteiger partial charge on any atom is 0.254 e. The molecule has 1 aromatic carbocycles. The van der Waals surface area contributed by atoms with Crippen molar-refractivity contribution in [1.29, 1.82) is 0 Å². The fraction of sp³-hybridized carbons (Fsp3) is 0.478. The van der Waals surface area contributed by atoms with Gasteiger partial charge in [-0.15, -0.1) is 5.10 Å². The van der Waals surface area contributed by atoms with Gasteiger partial charge in [-0.25, -0.2) is 14.4 Å². The predicted octanol–water partition coefficient (Wildman–Crippen LogP) is 2.93. The summed E-state index contributed by atoms with van der Waals surface area (Å²) < 4.78 is 16.3. The van der Waals surface area contributed by atoms with Crippen LogP contribution < -0.4 is 16.0 Å². The minimum absolute atomic E-state index is 0.178. The summed E-state index contributed by atoms with van der Waals surface area (Å²) in [5.74, 6) is 0.582. The molecule has 3 heterocycles. The van der Waals surface area contributed by atoms with Crippen molar-refractivity contribution in [3.05, 3.63) is 41.5 Å². The highest BCUT2D eigenvalue weighted by Gasteiger charge is 2.18. The molecule has 5 rings (SSSR count). The minimum Gasteiger partial charge on any atom is -0.368 e. The first-order valence-corrected chi connectivity index (χ1v) is 11.6. The number of anilines is 4. The number of nitrogens with zero attached hydrogens (tertiary/aromatic N) is 7. The fourth-order valence-corrected chi connectivity index (χ4v) is 4.53. The van der Waals surface area contributed by atoms with Crippen LogP contribution in [0.3, 0.4) is 0 Å². The number of likely N-dealkylation sites (N-methyl/N-ethyl adjacent to an activating group) is 1. The van der Waals surface area contributed by atoms with Crippen molar-refractivity contribution in [2.24, 2.45) is 0 Å². The van der Waals surface area contributed by atoms with Crippen LogP contribution in [0.25, 0.3) is 5.95 Å². The standard InChI is InChI=1S/C23H30FN9/c1-31-10-5-11-32(13-12-31)20-9-8-17(14-18(20)24)27-22-29-21(25)33(30-22)23-26-15-16-6-3-2-4-7-19(16)28-23/h8-9,14-15H,2-7,10-13H2,1H3,(H3,25,27,29,30). The van der Waals surface area contributed by atoms with Crippen molar-refractivity contribution in [3.8, 4) is 5.95 Å². The molecule has 174 valence electrons. The molecule has 0 unspecified atom stereocenters. The third kappa shape index (κ3) is 4.75. The summed E-state index contributed by atoms with van der Waals surface area (Å²) in [7, 11) is 2.10. The number of hydrogen-bond acceptors (Lipinski definition) is 8. The van der Waals surface area contributed by atoms with E-state index in [1.54, 1.807) is 6.07 Å². The van der Waals surface area contributed by atoms with Gasteiger partial charge >= 0.3 is 0 Å².